The first-order valence-electron chi connectivity index (χ1n) is 6.69. The summed E-state index contributed by atoms with van der Waals surface area (Å²) < 4.78 is 0. The monoisotopic (exact) mass is 240 g/mol. The first-order chi connectivity index (χ1) is 8.02. The third-order valence-electron chi connectivity index (χ3n) is 2.16. The molecule has 102 valence electrons. The number of hydrogen-bond acceptors (Lipinski definition) is 1. The van der Waals surface area contributed by atoms with Gasteiger partial charge in [0.25, 0.3) is 0 Å². The lowest BCUT2D eigenvalue weighted by Crippen LogP contribution is -2.09. The topological polar surface area (TPSA) is 24.7 Å². The minimum Gasteiger partial charge on any atom is -0.246 e. The predicted molar refractivity (Wildman–Crippen MR) is 83.2 cm³/mol. The number of nitrogens with zero attached hydrogens (tertiary/aromatic N) is 2. The van der Waals surface area contributed by atoms with Crippen LogP contribution >= 0.6 is 0 Å². The van der Waals surface area contributed by atoms with Crippen molar-refractivity contribution in [2.45, 2.75) is 68.2 Å². The highest BCUT2D eigenvalue weighted by atomic mass is 14.9. The molecule has 0 saturated heterocycles. The Morgan fingerprint density at radius 3 is 2.00 bits per heavy atom. The van der Waals surface area contributed by atoms with Crippen molar-refractivity contribution < 1.29 is 0 Å². The van der Waals surface area contributed by atoms with E-state index in [1.165, 1.54) is 6.20 Å². The van der Waals surface area contributed by atoms with Gasteiger partial charge in [-0.1, -0.05) is 61.5 Å². The second kappa shape index (κ2) is 15.1. The van der Waals surface area contributed by atoms with E-state index in [2.05, 4.69) is 37.3 Å². The lowest BCUT2D eigenvalue weighted by Gasteiger charge is -2.19. The van der Waals surface area contributed by atoms with Gasteiger partial charge in [0, 0.05) is 12.4 Å². The van der Waals surface area contributed by atoms with Gasteiger partial charge in [-0.25, -0.2) is 9.98 Å². The molecule has 0 rings (SSSR count). The minimum absolute atomic E-state index is 0.345. The number of rotatable bonds is 4. The maximum atomic E-state index is 4.20. The third-order valence-corrected chi connectivity index (χ3v) is 2.16. The molecule has 0 aliphatic rings. The van der Waals surface area contributed by atoms with Gasteiger partial charge in [0.1, 0.15) is 5.84 Å². The van der Waals surface area contributed by atoms with Gasteiger partial charge in [-0.2, -0.15) is 0 Å². The molecule has 0 aromatic rings. The Morgan fingerprint density at radius 1 is 1.18 bits per heavy atom. The van der Waals surface area contributed by atoms with Crippen molar-refractivity contribution in [3.8, 4) is 0 Å². The fourth-order valence-corrected chi connectivity index (χ4v) is 0.735. The molecule has 0 amide bonds. The highest BCUT2D eigenvalue weighted by Crippen LogP contribution is 2.22. The van der Waals surface area contributed by atoms with Gasteiger partial charge in [-0.3, -0.25) is 0 Å². The standard InChI is InChI=1S/C11H20N2.2C2H6/c1-6-11(4,5)8-9-13-10(3)12-7-2;2*1-2/h7,9H,2,6,8H2,1,3-5H3;2*1-2H3. The lowest BCUT2D eigenvalue weighted by atomic mass is 9.87. The van der Waals surface area contributed by atoms with Crippen LogP contribution in [0.2, 0.25) is 0 Å². The summed E-state index contributed by atoms with van der Waals surface area (Å²) in [5, 5.41) is 0. The summed E-state index contributed by atoms with van der Waals surface area (Å²) >= 11 is 0. The lowest BCUT2D eigenvalue weighted by molar-refractivity contribution is 0.371. The first kappa shape index (κ1) is 21.4. The Labute approximate surface area is 109 Å². The Morgan fingerprint density at radius 2 is 1.65 bits per heavy atom. The average Bonchev–Trinajstić information content (AvgIpc) is 2.34. The van der Waals surface area contributed by atoms with E-state index in [4.69, 9.17) is 0 Å². The summed E-state index contributed by atoms with van der Waals surface area (Å²) in [7, 11) is 0. The molecule has 0 unspecified atom stereocenters. The molecule has 2 nitrogen and oxygen atoms in total. The molecule has 0 aromatic carbocycles. The maximum Gasteiger partial charge on any atom is 0.124 e. The van der Waals surface area contributed by atoms with Crippen molar-refractivity contribution in [1.82, 2.24) is 0 Å². The molecule has 0 fully saturated rings. The summed E-state index contributed by atoms with van der Waals surface area (Å²) in [4.78, 5) is 8.15. The van der Waals surface area contributed by atoms with E-state index in [1.807, 2.05) is 40.8 Å². The molecular weight excluding hydrogens is 208 g/mol. The molecule has 0 saturated carbocycles. The van der Waals surface area contributed by atoms with Crippen LogP contribution in [0, 0.1) is 5.41 Å². The molecule has 0 bridgehead atoms. The maximum absolute atomic E-state index is 4.20. The second-order valence-corrected chi connectivity index (χ2v) is 3.89. The zero-order chi connectivity index (χ0) is 14.3. The van der Waals surface area contributed by atoms with Crippen molar-refractivity contribution in [1.29, 1.82) is 0 Å². The van der Waals surface area contributed by atoms with E-state index in [0.29, 0.717) is 5.41 Å². The van der Waals surface area contributed by atoms with Gasteiger partial charge < -0.3 is 0 Å². The van der Waals surface area contributed by atoms with Gasteiger partial charge in [0.2, 0.25) is 0 Å². The Kier molecular flexibility index (Phi) is 19.0. The average molecular weight is 240 g/mol. The Bertz CT molecular complexity index is 213. The van der Waals surface area contributed by atoms with E-state index in [9.17, 15) is 0 Å². The van der Waals surface area contributed by atoms with Crippen LogP contribution in [0.5, 0.6) is 0 Å². The van der Waals surface area contributed by atoms with Crippen LogP contribution < -0.4 is 0 Å². The summed E-state index contributed by atoms with van der Waals surface area (Å²) in [6.07, 6.45) is 5.60. The van der Waals surface area contributed by atoms with Crippen LogP contribution in [0.25, 0.3) is 0 Å². The molecule has 17 heavy (non-hydrogen) atoms. The van der Waals surface area contributed by atoms with E-state index in [1.54, 1.807) is 0 Å². The Balaban J connectivity index is -0.000000439. The fraction of sp³-hybridized carbons (Fsp3) is 0.733. The van der Waals surface area contributed by atoms with E-state index in [0.717, 1.165) is 18.7 Å². The van der Waals surface area contributed by atoms with Gasteiger partial charge in [-0.05, 0) is 18.8 Å². The summed E-state index contributed by atoms with van der Waals surface area (Å²) in [5.41, 5.74) is 0.345. The molecule has 0 atom stereocenters. The summed E-state index contributed by atoms with van der Waals surface area (Å²) in [6.45, 7) is 20.0. The molecular formula is C15H32N2. The van der Waals surface area contributed by atoms with Crippen molar-refractivity contribution in [2.75, 3.05) is 0 Å². The molecule has 0 aliphatic carbocycles. The molecule has 0 spiro atoms. The zero-order valence-electron chi connectivity index (χ0n) is 13.2. The van der Waals surface area contributed by atoms with Crippen LogP contribution in [0.15, 0.2) is 22.8 Å². The third kappa shape index (κ3) is 17.7. The van der Waals surface area contributed by atoms with Crippen LogP contribution in [-0.2, 0) is 0 Å². The molecule has 0 N–H and O–H groups in total. The van der Waals surface area contributed by atoms with Crippen molar-refractivity contribution in [3.05, 3.63) is 12.8 Å². The normalized spacial score (nSPS) is 11.2. The SMILES string of the molecule is C=CN=C(C)N=CCC(C)(C)CC.CC.CC. The molecule has 0 radical (unpaired) electrons. The largest absolute Gasteiger partial charge is 0.246 e. The van der Waals surface area contributed by atoms with Gasteiger partial charge in [0.05, 0.1) is 0 Å². The second-order valence-electron chi connectivity index (χ2n) is 3.89. The highest BCUT2D eigenvalue weighted by molar-refractivity contribution is 5.87. The predicted octanol–water partition coefficient (Wildman–Crippen LogP) is 5.50. The van der Waals surface area contributed by atoms with Gasteiger partial charge in [-0.15, -0.1) is 0 Å². The first-order valence-corrected chi connectivity index (χ1v) is 6.69. The van der Waals surface area contributed by atoms with Crippen molar-refractivity contribution >= 4 is 12.1 Å². The molecule has 0 aliphatic heterocycles. The Hall–Kier alpha value is -0.920. The highest BCUT2D eigenvalue weighted by Gasteiger charge is 2.12. The summed E-state index contributed by atoms with van der Waals surface area (Å²) in [6, 6.07) is 0. The molecule has 0 heterocycles. The fourth-order valence-electron chi connectivity index (χ4n) is 0.735. The van der Waals surface area contributed by atoms with E-state index < -0.39 is 0 Å². The van der Waals surface area contributed by atoms with Crippen molar-refractivity contribution in [2.24, 2.45) is 15.4 Å². The van der Waals surface area contributed by atoms with Gasteiger partial charge >= 0.3 is 0 Å². The summed E-state index contributed by atoms with van der Waals surface area (Å²) in [5.74, 6) is 0.766. The smallest absolute Gasteiger partial charge is 0.124 e. The van der Waals surface area contributed by atoms with Crippen molar-refractivity contribution in [3.63, 3.8) is 0 Å². The van der Waals surface area contributed by atoms with Crippen LogP contribution in [0.3, 0.4) is 0 Å². The number of hydrogen-bond donors (Lipinski definition) is 0. The quantitative estimate of drug-likeness (QED) is 0.458. The number of aliphatic imine (C=N–C) groups is 2. The van der Waals surface area contributed by atoms with Gasteiger partial charge in [0.15, 0.2) is 0 Å². The zero-order valence-corrected chi connectivity index (χ0v) is 13.2. The van der Waals surface area contributed by atoms with Crippen LogP contribution in [-0.4, -0.2) is 12.1 Å². The molecule has 0 aromatic heterocycles. The van der Waals surface area contributed by atoms with E-state index >= 15 is 0 Å². The minimum atomic E-state index is 0.345. The van der Waals surface area contributed by atoms with Crippen LogP contribution in [0.4, 0.5) is 0 Å². The molecule has 2 heteroatoms. The van der Waals surface area contributed by atoms with E-state index in [-0.39, 0.29) is 0 Å². The van der Waals surface area contributed by atoms with Crippen LogP contribution in [0.1, 0.15) is 68.2 Å². The number of amidine groups is 1.